The van der Waals surface area contributed by atoms with Crippen molar-refractivity contribution in [3.63, 3.8) is 0 Å². The number of aromatic nitrogens is 4. The van der Waals surface area contributed by atoms with Gasteiger partial charge in [-0.1, -0.05) is 0 Å². The van der Waals surface area contributed by atoms with Crippen LogP contribution in [0.5, 0.6) is 0 Å². The lowest BCUT2D eigenvalue weighted by Crippen LogP contribution is -2.31. The first-order valence-corrected chi connectivity index (χ1v) is 8.01. The molecule has 1 atom stereocenters. The van der Waals surface area contributed by atoms with Crippen molar-refractivity contribution >= 4 is 0 Å². The van der Waals surface area contributed by atoms with Gasteiger partial charge in [0, 0.05) is 43.3 Å². The summed E-state index contributed by atoms with van der Waals surface area (Å²) >= 11 is 0. The third kappa shape index (κ3) is 2.26. The first-order valence-electron chi connectivity index (χ1n) is 8.01. The highest BCUT2D eigenvalue weighted by atomic mass is 19.4. The van der Waals surface area contributed by atoms with E-state index in [1.807, 2.05) is 13.8 Å². The van der Waals surface area contributed by atoms with E-state index in [0.717, 1.165) is 15.9 Å². The molecule has 0 saturated heterocycles. The molecule has 0 amide bonds. The topological polar surface area (TPSA) is 59.7 Å². The number of rotatable bonds is 3. The molecule has 2 aromatic rings. The van der Waals surface area contributed by atoms with E-state index in [9.17, 15) is 13.2 Å². The summed E-state index contributed by atoms with van der Waals surface area (Å²) in [6, 6.07) is -1.85. The Morgan fingerprint density at radius 3 is 2.46 bits per heavy atom. The average molecular weight is 340 g/mol. The van der Waals surface area contributed by atoms with Crippen LogP contribution in [0.15, 0.2) is 6.20 Å². The highest BCUT2D eigenvalue weighted by molar-refractivity contribution is 5.35. The molecule has 0 spiro atoms. The highest BCUT2D eigenvalue weighted by Crippen LogP contribution is 2.40. The number of halogens is 3. The van der Waals surface area contributed by atoms with Crippen LogP contribution < -0.4 is 10.6 Å². The van der Waals surface area contributed by atoms with E-state index in [1.165, 1.54) is 6.20 Å². The van der Waals surface area contributed by atoms with Gasteiger partial charge in [0.2, 0.25) is 0 Å². The Balaban J connectivity index is 1.89. The summed E-state index contributed by atoms with van der Waals surface area (Å²) in [7, 11) is 0. The maximum absolute atomic E-state index is 14.0. The maximum atomic E-state index is 14.0. The predicted octanol–water partition coefficient (Wildman–Crippen LogP) is 2.02. The zero-order chi connectivity index (χ0) is 17.1. The number of nitrogens with zero attached hydrogens (tertiary/aromatic N) is 4. The maximum Gasteiger partial charge on any atom is 0.416 e. The fourth-order valence-corrected chi connectivity index (χ4v) is 3.57. The predicted molar refractivity (Wildman–Crippen MR) is 80.1 cm³/mol. The minimum absolute atomic E-state index is 0.00582. The third-order valence-electron chi connectivity index (χ3n) is 4.64. The molecule has 2 N–H and O–H groups in total. The fraction of sp³-hybridized carbons (Fsp3) is 0.600. The minimum Gasteiger partial charge on any atom is -0.307 e. The van der Waals surface area contributed by atoms with Gasteiger partial charge in [-0.25, -0.2) is 4.68 Å². The van der Waals surface area contributed by atoms with E-state index in [4.69, 9.17) is 0 Å². The molecule has 0 saturated carbocycles. The number of nitrogens with one attached hydrogen (secondary N) is 2. The molecule has 2 aliphatic rings. The smallest absolute Gasteiger partial charge is 0.307 e. The second kappa shape index (κ2) is 5.32. The van der Waals surface area contributed by atoms with Crippen LogP contribution in [0.25, 0.3) is 0 Å². The van der Waals surface area contributed by atoms with E-state index in [0.29, 0.717) is 37.4 Å². The van der Waals surface area contributed by atoms with Crippen molar-refractivity contribution < 1.29 is 13.2 Å². The van der Waals surface area contributed by atoms with Gasteiger partial charge in [-0.15, -0.1) is 0 Å². The summed E-state index contributed by atoms with van der Waals surface area (Å²) in [6.07, 6.45) is -2.94. The average Bonchev–Trinajstić information content (AvgIpc) is 3.19. The quantitative estimate of drug-likeness (QED) is 0.898. The Labute approximate surface area is 137 Å². The third-order valence-corrected chi connectivity index (χ3v) is 4.64. The van der Waals surface area contributed by atoms with Crippen LogP contribution in [0, 0.1) is 0 Å². The summed E-state index contributed by atoms with van der Waals surface area (Å²) in [6.45, 7) is 5.75. The first-order chi connectivity index (χ1) is 11.4. The van der Waals surface area contributed by atoms with Crippen LogP contribution in [-0.2, 0) is 26.2 Å². The van der Waals surface area contributed by atoms with Gasteiger partial charge < -0.3 is 10.6 Å². The second-order valence-corrected chi connectivity index (χ2v) is 6.56. The van der Waals surface area contributed by atoms with Crippen molar-refractivity contribution in [1.82, 2.24) is 30.2 Å². The number of hydrogen-bond acceptors (Lipinski definition) is 4. The molecule has 0 bridgehead atoms. The van der Waals surface area contributed by atoms with Crippen molar-refractivity contribution in [3.8, 4) is 0 Å². The molecule has 0 aliphatic carbocycles. The number of alkyl halides is 3. The van der Waals surface area contributed by atoms with Gasteiger partial charge in [0.25, 0.3) is 0 Å². The van der Waals surface area contributed by atoms with E-state index in [1.54, 1.807) is 4.68 Å². The lowest BCUT2D eigenvalue weighted by atomic mass is 10.1. The Bertz CT molecular complexity index is 773. The molecule has 130 valence electrons. The van der Waals surface area contributed by atoms with Gasteiger partial charge >= 0.3 is 6.18 Å². The van der Waals surface area contributed by atoms with E-state index < -0.39 is 12.2 Å². The minimum atomic E-state index is -4.46. The summed E-state index contributed by atoms with van der Waals surface area (Å²) in [5.74, 6) is 0. The van der Waals surface area contributed by atoms with E-state index in [2.05, 4.69) is 20.8 Å². The molecule has 6 nitrogen and oxygen atoms in total. The van der Waals surface area contributed by atoms with Crippen molar-refractivity contribution in [3.05, 3.63) is 34.4 Å². The summed E-state index contributed by atoms with van der Waals surface area (Å²) in [5, 5.41) is 14.6. The zero-order valence-electron chi connectivity index (χ0n) is 13.5. The van der Waals surface area contributed by atoms with Crippen LogP contribution in [0.4, 0.5) is 13.2 Å². The van der Waals surface area contributed by atoms with Gasteiger partial charge in [-0.05, 0) is 13.8 Å². The molecule has 4 rings (SSSR count). The summed E-state index contributed by atoms with van der Waals surface area (Å²) in [5.41, 5.74) is 2.98. The van der Waals surface area contributed by atoms with Gasteiger partial charge in [0.15, 0.2) is 6.04 Å². The number of fused-ring (bicyclic) bond motifs is 2. The van der Waals surface area contributed by atoms with Gasteiger partial charge in [0.05, 0.1) is 17.6 Å². The molecular formula is C15H19F3N6. The molecule has 0 fully saturated rings. The monoisotopic (exact) mass is 340 g/mol. The zero-order valence-corrected chi connectivity index (χ0v) is 13.5. The molecule has 9 heteroatoms. The second-order valence-electron chi connectivity index (χ2n) is 6.56. The lowest BCUT2D eigenvalue weighted by molar-refractivity contribution is -0.160. The van der Waals surface area contributed by atoms with Crippen LogP contribution in [0.1, 0.15) is 54.1 Å². The SMILES string of the molecule is CC(C)n1nc(C(n2ncc3c2CNC3)C(F)(F)F)c2c1CNC2. The largest absolute Gasteiger partial charge is 0.416 e. The molecule has 1 unspecified atom stereocenters. The molecule has 2 aliphatic heterocycles. The Morgan fingerprint density at radius 1 is 1.04 bits per heavy atom. The normalized spacial score (nSPS) is 18.2. The Morgan fingerprint density at radius 2 is 1.75 bits per heavy atom. The molecule has 24 heavy (non-hydrogen) atoms. The van der Waals surface area contributed by atoms with Crippen LogP contribution in [0.3, 0.4) is 0 Å². The van der Waals surface area contributed by atoms with E-state index >= 15 is 0 Å². The molecule has 4 heterocycles. The van der Waals surface area contributed by atoms with Crippen molar-refractivity contribution in [2.24, 2.45) is 0 Å². The van der Waals surface area contributed by atoms with Gasteiger partial charge in [-0.2, -0.15) is 23.4 Å². The molecule has 2 aromatic heterocycles. The fourth-order valence-electron chi connectivity index (χ4n) is 3.57. The van der Waals surface area contributed by atoms with Gasteiger partial charge in [-0.3, -0.25) is 4.68 Å². The van der Waals surface area contributed by atoms with E-state index in [-0.39, 0.29) is 11.7 Å². The van der Waals surface area contributed by atoms with Crippen molar-refractivity contribution in [1.29, 1.82) is 0 Å². The van der Waals surface area contributed by atoms with Crippen molar-refractivity contribution in [2.75, 3.05) is 0 Å². The van der Waals surface area contributed by atoms with Crippen LogP contribution >= 0.6 is 0 Å². The van der Waals surface area contributed by atoms with Crippen LogP contribution in [0.2, 0.25) is 0 Å². The molecule has 0 radical (unpaired) electrons. The Hall–Kier alpha value is -1.87. The lowest BCUT2D eigenvalue weighted by Gasteiger charge is -2.22. The van der Waals surface area contributed by atoms with Crippen molar-refractivity contribution in [2.45, 2.75) is 58.3 Å². The first kappa shape index (κ1) is 15.6. The molecular weight excluding hydrogens is 321 g/mol. The summed E-state index contributed by atoms with van der Waals surface area (Å²) < 4.78 is 44.7. The molecule has 0 aromatic carbocycles. The van der Waals surface area contributed by atoms with Gasteiger partial charge in [0.1, 0.15) is 5.69 Å². The summed E-state index contributed by atoms with van der Waals surface area (Å²) in [4.78, 5) is 0. The number of hydrogen-bond donors (Lipinski definition) is 2. The Kier molecular flexibility index (Phi) is 3.47. The highest BCUT2D eigenvalue weighted by Gasteiger charge is 2.48. The van der Waals surface area contributed by atoms with Crippen LogP contribution in [-0.4, -0.2) is 25.7 Å². The standard InChI is InChI=1S/C15H19F3N6/c1-8(2)23-12-7-20-5-10(12)13(22-23)14(15(16,17)18)24-11-6-19-3-9(11)4-21-24/h4,8,14,19-20H,3,5-7H2,1-2H3.